The van der Waals surface area contributed by atoms with Gasteiger partial charge < -0.3 is 19.9 Å². The highest BCUT2D eigenvalue weighted by atomic mass is 32.1. The molecule has 2 aromatic heterocycles. The lowest BCUT2D eigenvalue weighted by Gasteiger charge is -2.26. The first-order valence-corrected chi connectivity index (χ1v) is 14.5. The number of ether oxygens (including phenoxy) is 2. The molecule has 0 spiro atoms. The molecule has 0 radical (unpaired) electrons. The van der Waals surface area contributed by atoms with Gasteiger partial charge in [-0.05, 0) is 66.9 Å². The molecule has 0 saturated carbocycles. The molecule has 1 aliphatic rings. The first-order chi connectivity index (χ1) is 19.1. The Bertz CT molecular complexity index is 1370. The fraction of sp³-hybridized carbons (Fsp3) is 0.387. The van der Waals surface area contributed by atoms with Gasteiger partial charge >= 0.3 is 0 Å². The molecule has 2 aromatic carbocycles. The molecule has 3 heterocycles. The normalized spacial score (nSPS) is 14.3. The van der Waals surface area contributed by atoms with Crippen LogP contribution in [0, 0.1) is 6.92 Å². The van der Waals surface area contributed by atoms with E-state index in [1.165, 1.54) is 11.1 Å². The molecule has 0 amide bonds. The van der Waals surface area contributed by atoms with Crippen LogP contribution in [-0.2, 0) is 11.3 Å². The average molecular weight is 547 g/mol. The molecule has 206 valence electrons. The number of hydrogen-bond acceptors (Lipinski definition) is 8. The second-order valence-electron chi connectivity index (χ2n) is 10.1. The molecule has 0 bridgehead atoms. The van der Waals surface area contributed by atoms with Crippen LogP contribution in [-0.4, -0.2) is 79.5 Å². The Hall–Kier alpha value is -3.01. The van der Waals surface area contributed by atoms with E-state index in [-0.39, 0.29) is 6.61 Å². The molecule has 4 aromatic rings. The van der Waals surface area contributed by atoms with Crippen molar-refractivity contribution in [2.24, 2.45) is 0 Å². The smallest absolute Gasteiger partial charge is 0.119 e. The van der Waals surface area contributed by atoms with Crippen LogP contribution in [0.2, 0.25) is 0 Å². The highest BCUT2D eigenvalue weighted by Crippen LogP contribution is 2.35. The number of nitrogens with zero attached hydrogens (tertiary/aromatic N) is 3. The Morgan fingerprint density at radius 3 is 2.82 bits per heavy atom. The van der Waals surface area contributed by atoms with Crippen molar-refractivity contribution < 1.29 is 14.6 Å². The number of rotatable bonds is 12. The van der Waals surface area contributed by atoms with Crippen molar-refractivity contribution >= 4 is 32.9 Å². The van der Waals surface area contributed by atoms with Crippen molar-refractivity contribution in [3.05, 3.63) is 71.2 Å². The maximum absolute atomic E-state index is 9.17. The number of hydrogen-bond donors (Lipinski definition) is 2. The van der Waals surface area contributed by atoms with Crippen LogP contribution >= 0.6 is 11.3 Å². The number of fused-ring (bicyclic) bond motifs is 1. The number of likely N-dealkylation sites (N-methyl/N-ethyl adjacent to an activating group) is 1. The molecule has 0 atom stereocenters. The minimum Gasteiger partial charge on any atom is -0.494 e. The summed E-state index contributed by atoms with van der Waals surface area (Å²) in [6.07, 6.45) is 2.94. The number of aliphatic hydroxyl groups is 1. The summed E-state index contributed by atoms with van der Waals surface area (Å²) < 4.78 is 12.7. The molecule has 1 fully saturated rings. The molecular formula is C31H38N4O3S. The van der Waals surface area contributed by atoms with Crippen LogP contribution in [0.3, 0.4) is 0 Å². The fourth-order valence-electron chi connectivity index (χ4n) is 4.98. The van der Waals surface area contributed by atoms with Crippen molar-refractivity contribution in [2.45, 2.75) is 19.9 Å². The lowest BCUT2D eigenvalue weighted by molar-refractivity contribution is 0.0358. The van der Waals surface area contributed by atoms with Crippen LogP contribution < -0.4 is 10.1 Å². The lowest BCUT2D eigenvalue weighted by Crippen LogP contribution is -2.37. The molecule has 7 nitrogen and oxygen atoms in total. The number of morpholine rings is 1. The summed E-state index contributed by atoms with van der Waals surface area (Å²) in [5.74, 6) is 0.903. The van der Waals surface area contributed by atoms with E-state index in [1.807, 2.05) is 19.3 Å². The van der Waals surface area contributed by atoms with Gasteiger partial charge in [0.2, 0.25) is 0 Å². The van der Waals surface area contributed by atoms with Crippen LogP contribution in [0.5, 0.6) is 5.75 Å². The molecule has 0 unspecified atom stereocenters. The van der Waals surface area contributed by atoms with Crippen LogP contribution in [0.4, 0.5) is 11.4 Å². The van der Waals surface area contributed by atoms with Gasteiger partial charge in [0.25, 0.3) is 0 Å². The van der Waals surface area contributed by atoms with E-state index in [2.05, 4.69) is 69.9 Å². The third kappa shape index (κ3) is 7.15. The number of benzene rings is 2. The van der Waals surface area contributed by atoms with Gasteiger partial charge in [0.05, 0.1) is 36.8 Å². The van der Waals surface area contributed by atoms with Crippen molar-refractivity contribution in [3.63, 3.8) is 0 Å². The van der Waals surface area contributed by atoms with Gasteiger partial charge in [-0.15, -0.1) is 11.3 Å². The molecule has 8 heteroatoms. The van der Waals surface area contributed by atoms with E-state index in [4.69, 9.17) is 19.6 Å². The topological polar surface area (TPSA) is 70.1 Å². The first kappa shape index (κ1) is 27.6. The minimum absolute atomic E-state index is 0.157. The third-order valence-corrected chi connectivity index (χ3v) is 8.06. The van der Waals surface area contributed by atoms with Gasteiger partial charge in [-0.1, -0.05) is 24.3 Å². The van der Waals surface area contributed by atoms with Gasteiger partial charge in [0, 0.05) is 50.0 Å². The lowest BCUT2D eigenvalue weighted by atomic mass is 9.99. The maximum Gasteiger partial charge on any atom is 0.119 e. The largest absolute Gasteiger partial charge is 0.494 e. The van der Waals surface area contributed by atoms with E-state index < -0.39 is 0 Å². The number of nitrogens with one attached hydrogen (secondary N) is 1. The van der Waals surface area contributed by atoms with Crippen molar-refractivity contribution in [1.82, 2.24) is 14.8 Å². The van der Waals surface area contributed by atoms with Crippen molar-refractivity contribution in [1.29, 1.82) is 0 Å². The van der Waals surface area contributed by atoms with Gasteiger partial charge in [0.15, 0.2) is 0 Å². The Kier molecular flexibility index (Phi) is 9.44. The van der Waals surface area contributed by atoms with Crippen molar-refractivity contribution in [3.8, 4) is 16.9 Å². The summed E-state index contributed by atoms with van der Waals surface area (Å²) in [6.45, 7) is 9.18. The molecule has 1 saturated heterocycles. The van der Waals surface area contributed by atoms with Crippen LogP contribution in [0.15, 0.2) is 60.1 Å². The predicted molar refractivity (Wildman–Crippen MR) is 160 cm³/mol. The third-order valence-electron chi connectivity index (χ3n) is 7.14. The molecule has 0 aliphatic carbocycles. The Labute approximate surface area is 235 Å². The standard InChI is InChI=1S/C31H38N4O3S/c1-23-27(25-6-3-7-26(19-25)38-15-5-10-35-12-16-37-17-13-35)8-4-9-28(23)33-29-22-39-30-18-24(20-32-31(29)30)21-34(2)11-14-36/h3-4,6-9,18-20,22,33,36H,5,10-17,21H2,1-2H3. The SMILES string of the molecule is Cc1c(Nc2csc3cc(CN(C)CCO)cnc23)cccc1-c1cccc(OCCCN2CCOCC2)c1. The monoisotopic (exact) mass is 546 g/mol. The van der Waals surface area contributed by atoms with Gasteiger partial charge in [0.1, 0.15) is 11.3 Å². The van der Waals surface area contributed by atoms with E-state index in [9.17, 15) is 0 Å². The van der Waals surface area contributed by atoms with Gasteiger partial charge in [-0.2, -0.15) is 0 Å². The summed E-state index contributed by atoms with van der Waals surface area (Å²) in [5, 5.41) is 14.9. The fourth-order valence-corrected chi connectivity index (χ4v) is 5.89. The summed E-state index contributed by atoms with van der Waals surface area (Å²) in [4.78, 5) is 9.30. The van der Waals surface area contributed by atoms with Gasteiger partial charge in [-0.3, -0.25) is 14.8 Å². The van der Waals surface area contributed by atoms with Crippen LogP contribution in [0.25, 0.3) is 21.3 Å². The summed E-state index contributed by atoms with van der Waals surface area (Å²) >= 11 is 1.70. The zero-order valence-electron chi connectivity index (χ0n) is 22.9. The molecule has 1 aliphatic heterocycles. The minimum atomic E-state index is 0.157. The number of aliphatic hydroxyl groups excluding tert-OH is 1. The number of aromatic nitrogens is 1. The van der Waals surface area contributed by atoms with E-state index in [0.717, 1.165) is 84.3 Å². The van der Waals surface area contributed by atoms with Crippen LogP contribution in [0.1, 0.15) is 17.5 Å². The molecule has 39 heavy (non-hydrogen) atoms. The summed E-state index contributed by atoms with van der Waals surface area (Å²) in [5.41, 5.74) is 7.72. The number of anilines is 2. The highest BCUT2D eigenvalue weighted by molar-refractivity contribution is 7.17. The number of thiophene rings is 1. The maximum atomic E-state index is 9.17. The zero-order chi connectivity index (χ0) is 27.0. The highest BCUT2D eigenvalue weighted by Gasteiger charge is 2.13. The Morgan fingerprint density at radius 2 is 1.97 bits per heavy atom. The molecular weight excluding hydrogens is 508 g/mol. The predicted octanol–water partition coefficient (Wildman–Crippen LogP) is 5.54. The average Bonchev–Trinajstić information content (AvgIpc) is 3.35. The first-order valence-electron chi connectivity index (χ1n) is 13.7. The van der Waals surface area contributed by atoms with E-state index >= 15 is 0 Å². The second kappa shape index (κ2) is 13.4. The zero-order valence-corrected chi connectivity index (χ0v) is 23.7. The number of pyridine rings is 1. The van der Waals surface area contributed by atoms with Crippen molar-refractivity contribution in [2.75, 3.05) is 65.0 Å². The van der Waals surface area contributed by atoms with E-state index in [0.29, 0.717) is 13.2 Å². The molecule has 5 rings (SSSR count). The summed E-state index contributed by atoms with van der Waals surface area (Å²) in [7, 11) is 2.01. The quantitative estimate of drug-likeness (QED) is 0.226. The van der Waals surface area contributed by atoms with Gasteiger partial charge in [-0.25, -0.2) is 0 Å². The summed E-state index contributed by atoms with van der Waals surface area (Å²) in [6, 6.07) is 17.0. The Morgan fingerprint density at radius 1 is 1.13 bits per heavy atom. The Balaban J connectivity index is 1.25. The second-order valence-corrected chi connectivity index (χ2v) is 11.0. The molecule has 2 N–H and O–H groups in total. The van der Waals surface area contributed by atoms with E-state index in [1.54, 1.807) is 11.3 Å².